The molecular formula is C16H12O2S. The Morgan fingerprint density at radius 1 is 0.947 bits per heavy atom. The van der Waals surface area contributed by atoms with Gasteiger partial charge in [0.2, 0.25) is 4.74 Å². The molecule has 3 aromatic rings. The first kappa shape index (κ1) is 11.9. The second-order valence-corrected chi connectivity index (χ2v) is 5.27. The van der Waals surface area contributed by atoms with Crippen molar-refractivity contribution in [3.8, 4) is 5.75 Å². The van der Waals surface area contributed by atoms with Gasteiger partial charge in [-0.3, -0.25) is 4.79 Å². The monoisotopic (exact) mass is 268 g/mol. The summed E-state index contributed by atoms with van der Waals surface area (Å²) in [6.45, 7) is 0.536. The maximum atomic E-state index is 11.4. The van der Waals surface area contributed by atoms with Crippen LogP contribution in [0.4, 0.5) is 0 Å². The van der Waals surface area contributed by atoms with Crippen molar-refractivity contribution >= 4 is 21.4 Å². The highest BCUT2D eigenvalue weighted by Gasteiger charge is 1.99. The van der Waals surface area contributed by atoms with Crippen LogP contribution < -0.4 is 9.48 Å². The Kier molecular flexibility index (Phi) is 3.29. The molecular weight excluding hydrogens is 256 g/mol. The summed E-state index contributed by atoms with van der Waals surface area (Å²) in [7, 11) is 0. The van der Waals surface area contributed by atoms with Crippen LogP contribution in [0.1, 0.15) is 5.56 Å². The Hall–Kier alpha value is -2.13. The second-order valence-electron chi connectivity index (χ2n) is 4.23. The average molecular weight is 268 g/mol. The molecule has 3 rings (SSSR count). The zero-order valence-corrected chi connectivity index (χ0v) is 11.0. The van der Waals surface area contributed by atoms with Gasteiger partial charge < -0.3 is 4.74 Å². The SMILES string of the molecule is O=c1ccc2ccc(OCc3ccccc3)cc2s1. The van der Waals surface area contributed by atoms with Crippen LogP contribution in [-0.2, 0) is 6.61 Å². The van der Waals surface area contributed by atoms with Gasteiger partial charge in [-0.1, -0.05) is 41.7 Å². The average Bonchev–Trinajstić information content (AvgIpc) is 2.46. The highest BCUT2D eigenvalue weighted by Crippen LogP contribution is 2.22. The van der Waals surface area contributed by atoms with E-state index in [0.717, 1.165) is 21.4 Å². The molecule has 0 saturated carbocycles. The van der Waals surface area contributed by atoms with Gasteiger partial charge in [0.15, 0.2) is 0 Å². The van der Waals surface area contributed by atoms with Gasteiger partial charge >= 0.3 is 0 Å². The largest absolute Gasteiger partial charge is 0.489 e. The molecule has 0 fully saturated rings. The summed E-state index contributed by atoms with van der Waals surface area (Å²) in [5, 5.41) is 1.07. The maximum absolute atomic E-state index is 11.4. The van der Waals surface area contributed by atoms with Crippen molar-refractivity contribution in [3.05, 3.63) is 75.8 Å². The molecule has 1 heterocycles. The molecule has 0 amide bonds. The Balaban J connectivity index is 1.83. The molecule has 0 N–H and O–H groups in total. The van der Waals surface area contributed by atoms with Crippen LogP contribution in [0.2, 0.25) is 0 Å². The Morgan fingerprint density at radius 2 is 1.74 bits per heavy atom. The topological polar surface area (TPSA) is 26.3 Å². The molecule has 0 aliphatic heterocycles. The van der Waals surface area contributed by atoms with Crippen molar-refractivity contribution in [2.45, 2.75) is 6.61 Å². The summed E-state index contributed by atoms with van der Waals surface area (Å²) >= 11 is 1.24. The number of hydrogen-bond donors (Lipinski definition) is 0. The predicted molar refractivity (Wildman–Crippen MR) is 78.9 cm³/mol. The number of rotatable bonds is 3. The summed E-state index contributed by atoms with van der Waals surface area (Å²) in [5.74, 6) is 0.790. The Bertz CT molecular complexity index is 747. The van der Waals surface area contributed by atoms with Crippen LogP contribution in [0.25, 0.3) is 10.1 Å². The molecule has 0 unspecified atom stereocenters. The molecule has 94 valence electrons. The molecule has 0 spiro atoms. The summed E-state index contributed by atoms with van der Waals surface area (Å²) < 4.78 is 6.76. The minimum absolute atomic E-state index is 0.0627. The first-order chi connectivity index (χ1) is 9.31. The number of hydrogen-bond acceptors (Lipinski definition) is 3. The summed E-state index contributed by atoms with van der Waals surface area (Å²) in [5.41, 5.74) is 1.13. The third-order valence-corrected chi connectivity index (χ3v) is 3.75. The minimum atomic E-state index is 0.0627. The zero-order valence-electron chi connectivity index (χ0n) is 10.2. The number of fused-ring (bicyclic) bond motifs is 1. The first-order valence-corrected chi connectivity index (χ1v) is 6.83. The standard InChI is InChI=1S/C16H12O2S/c17-16-9-7-13-6-8-14(10-15(13)19-16)18-11-12-4-2-1-3-5-12/h1-10H,11H2. The van der Waals surface area contributed by atoms with Crippen molar-refractivity contribution in [3.63, 3.8) is 0 Å². The van der Waals surface area contributed by atoms with Gasteiger partial charge in [-0.25, -0.2) is 0 Å². The third-order valence-electron chi connectivity index (χ3n) is 2.84. The fourth-order valence-corrected chi connectivity index (χ4v) is 2.65. The lowest BCUT2D eigenvalue weighted by Crippen LogP contribution is -1.95. The van der Waals surface area contributed by atoms with Crippen LogP contribution in [0.3, 0.4) is 0 Å². The van der Waals surface area contributed by atoms with Crippen molar-refractivity contribution < 1.29 is 4.74 Å². The molecule has 1 aromatic heterocycles. The van der Waals surface area contributed by atoms with Gasteiger partial charge in [0.1, 0.15) is 12.4 Å². The van der Waals surface area contributed by atoms with Crippen molar-refractivity contribution in [2.75, 3.05) is 0 Å². The van der Waals surface area contributed by atoms with Crippen LogP contribution in [0, 0.1) is 0 Å². The third kappa shape index (κ3) is 2.83. The van der Waals surface area contributed by atoms with E-state index < -0.39 is 0 Å². The van der Waals surface area contributed by atoms with Gasteiger partial charge in [0, 0.05) is 4.70 Å². The molecule has 3 heteroatoms. The Labute approximate surface area is 114 Å². The maximum Gasteiger partial charge on any atom is 0.232 e. The van der Waals surface area contributed by atoms with E-state index in [4.69, 9.17) is 4.74 Å². The highest BCUT2D eigenvalue weighted by molar-refractivity contribution is 7.16. The quantitative estimate of drug-likeness (QED) is 0.721. The lowest BCUT2D eigenvalue weighted by Gasteiger charge is -2.06. The minimum Gasteiger partial charge on any atom is -0.489 e. The number of benzene rings is 2. The van der Waals surface area contributed by atoms with E-state index in [-0.39, 0.29) is 4.74 Å². The van der Waals surface area contributed by atoms with Crippen molar-refractivity contribution in [1.82, 2.24) is 0 Å². The van der Waals surface area contributed by atoms with Crippen LogP contribution in [0.5, 0.6) is 5.75 Å². The Morgan fingerprint density at radius 3 is 2.58 bits per heavy atom. The molecule has 19 heavy (non-hydrogen) atoms. The highest BCUT2D eigenvalue weighted by atomic mass is 32.1. The number of ether oxygens (including phenoxy) is 1. The zero-order chi connectivity index (χ0) is 13.1. The smallest absolute Gasteiger partial charge is 0.232 e. The second kappa shape index (κ2) is 5.24. The lowest BCUT2D eigenvalue weighted by atomic mass is 10.2. The van der Waals surface area contributed by atoms with Gasteiger partial charge in [-0.05, 0) is 41.3 Å². The van der Waals surface area contributed by atoms with E-state index in [1.54, 1.807) is 6.07 Å². The molecule has 0 radical (unpaired) electrons. The molecule has 0 aliphatic rings. The normalized spacial score (nSPS) is 10.5. The van der Waals surface area contributed by atoms with Crippen LogP contribution >= 0.6 is 11.3 Å². The van der Waals surface area contributed by atoms with Gasteiger partial charge in [0.05, 0.1) is 0 Å². The summed E-state index contributed by atoms with van der Waals surface area (Å²) in [4.78, 5) is 11.4. The fourth-order valence-electron chi connectivity index (χ4n) is 1.87. The van der Waals surface area contributed by atoms with E-state index in [9.17, 15) is 4.79 Å². The molecule has 2 aromatic carbocycles. The fraction of sp³-hybridized carbons (Fsp3) is 0.0625. The lowest BCUT2D eigenvalue weighted by molar-refractivity contribution is 0.306. The van der Waals surface area contributed by atoms with E-state index >= 15 is 0 Å². The molecule has 0 saturated heterocycles. The van der Waals surface area contributed by atoms with E-state index in [1.165, 1.54) is 11.3 Å². The van der Waals surface area contributed by atoms with Gasteiger partial charge in [0.25, 0.3) is 0 Å². The molecule has 0 bridgehead atoms. The molecule has 0 aliphatic carbocycles. The molecule has 2 nitrogen and oxygen atoms in total. The van der Waals surface area contributed by atoms with Crippen LogP contribution in [0.15, 0.2) is 65.5 Å². The van der Waals surface area contributed by atoms with Gasteiger partial charge in [-0.2, -0.15) is 0 Å². The van der Waals surface area contributed by atoms with Gasteiger partial charge in [-0.15, -0.1) is 0 Å². The van der Waals surface area contributed by atoms with Crippen molar-refractivity contribution in [2.24, 2.45) is 0 Å². The molecule has 0 atom stereocenters. The van der Waals surface area contributed by atoms with Crippen LogP contribution in [-0.4, -0.2) is 0 Å². The van der Waals surface area contributed by atoms with E-state index in [1.807, 2.05) is 54.6 Å². The van der Waals surface area contributed by atoms with E-state index in [0.29, 0.717) is 6.61 Å². The van der Waals surface area contributed by atoms with Crippen molar-refractivity contribution in [1.29, 1.82) is 0 Å². The summed E-state index contributed by atoms with van der Waals surface area (Å²) in [6.07, 6.45) is 0. The first-order valence-electron chi connectivity index (χ1n) is 6.02. The predicted octanol–water partition coefficient (Wildman–Crippen LogP) is 3.84. The summed E-state index contributed by atoms with van der Waals surface area (Å²) in [6, 6.07) is 19.3. The van der Waals surface area contributed by atoms with E-state index in [2.05, 4.69) is 0 Å².